The van der Waals surface area contributed by atoms with Crippen molar-refractivity contribution in [3.63, 3.8) is 0 Å². The zero-order chi connectivity index (χ0) is 15.2. The van der Waals surface area contributed by atoms with Gasteiger partial charge in [0.1, 0.15) is 16.6 Å². The first-order valence-corrected chi connectivity index (χ1v) is 8.05. The maximum atomic E-state index is 4.44. The second-order valence-corrected chi connectivity index (χ2v) is 5.66. The van der Waals surface area contributed by atoms with Crippen LogP contribution in [0.4, 0.5) is 17.3 Å². The van der Waals surface area contributed by atoms with E-state index in [0.717, 1.165) is 41.3 Å². The molecule has 4 nitrogen and oxygen atoms in total. The van der Waals surface area contributed by atoms with Gasteiger partial charge in [0.25, 0.3) is 0 Å². The van der Waals surface area contributed by atoms with E-state index in [0.29, 0.717) is 0 Å². The molecule has 21 heavy (non-hydrogen) atoms. The zero-order valence-electron chi connectivity index (χ0n) is 12.7. The maximum Gasteiger partial charge on any atom is 0.152 e. The van der Waals surface area contributed by atoms with Crippen LogP contribution in [-0.2, 0) is 0 Å². The lowest BCUT2D eigenvalue weighted by molar-refractivity contribution is 0.943. The molecule has 0 atom stereocenters. The second-order valence-electron chi connectivity index (χ2n) is 4.87. The number of halogens is 1. The van der Waals surface area contributed by atoms with Crippen molar-refractivity contribution in [2.75, 3.05) is 23.3 Å². The van der Waals surface area contributed by atoms with Crippen LogP contribution in [0.5, 0.6) is 0 Å². The van der Waals surface area contributed by atoms with Crippen molar-refractivity contribution in [2.24, 2.45) is 0 Å². The van der Waals surface area contributed by atoms with Crippen LogP contribution in [0.25, 0.3) is 0 Å². The molecule has 0 unspecified atom stereocenters. The van der Waals surface area contributed by atoms with Gasteiger partial charge in [0, 0.05) is 18.8 Å². The quantitative estimate of drug-likeness (QED) is 0.832. The van der Waals surface area contributed by atoms with Gasteiger partial charge in [0.2, 0.25) is 0 Å². The van der Waals surface area contributed by atoms with E-state index in [4.69, 9.17) is 0 Å². The van der Waals surface area contributed by atoms with E-state index >= 15 is 0 Å². The van der Waals surface area contributed by atoms with E-state index < -0.39 is 0 Å². The first kappa shape index (κ1) is 15.8. The van der Waals surface area contributed by atoms with Gasteiger partial charge in [-0.3, -0.25) is 0 Å². The molecule has 0 aliphatic heterocycles. The monoisotopic (exact) mass is 348 g/mol. The molecule has 0 fully saturated rings. The van der Waals surface area contributed by atoms with Gasteiger partial charge in [-0.05, 0) is 48.3 Å². The maximum absolute atomic E-state index is 4.44. The number of anilines is 3. The lowest BCUT2D eigenvalue weighted by Crippen LogP contribution is -2.19. The molecule has 0 spiro atoms. The highest BCUT2D eigenvalue weighted by Gasteiger charge is 2.15. The zero-order valence-corrected chi connectivity index (χ0v) is 14.3. The Kier molecular flexibility index (Phi) is 5.56. The van der Waals surface area contributed by atoms with Gasteiger partial charge < -0.3 is 10.2 Å². The molecule has 5 heteroatoms. The van der Waals surface area contributed by atoms with Crippen LogP contribution < -0.4 is 10.2 Å². The minimum atomic E-state index is 0.839. The highest BCUT2D eigenvalue weighted by atomic mass is 79.9. The van der Waals surface area contributed by atoms with Crippen LogP contribution in [0, 0.1) is 6.92 Å². The summed E-state index contributed by atoms with van der Waals surface area (Å²) in [5.41, 5.74) is 2.38. The fraction of sp³-hybridized carbons (Fsp3) is 0.375. The fourth-order valence-corrected chi connectivity index (χ4v) is 2.65. The molecule has 112 valence electrons. The summed E-state index contributed by atoms with van der Waals surface area (Å²) in [6, 6.07) is 8.46. The predicted molar refractivity (Wildman–Crippen MR) is 92.4 cm³/mol. The van der Waals surface area contributed by atoms with Crippen LogP contribution in [0.3, 0.4) is 0 Å². The number of nitrogens with zero attached hydrogens (tertiary/aromatic N) is 3. The second kappa shape index (κ2) is 7.41. The summed E-state index contributed by atoms with van der Waals surface area (Å²) in [7, 11) is 0. The van der Waals surface area contributed by atoms with Crippen molar-refractivity contribution in [3.05, 3.63) is 40.6 Å². The van der Waals surface area contributed by atoms with Crippen molar-refractivity contribution in [1.82, 2.24) is 9.97 Å². The lowest BCUT2D eigenvalue weighted by Gasteiger charge is -2.24. The third-order valence-electron chi connectivity index (χ3n) is 3.23. The average Bonchev–Trinajstić information content (AvgIpc) is 2.50. The largest absolute Gasteiger partial charge is 0.369 e. The third-order valence-corrected chi connectivity index (χ3v) is 3.96. The smallest absolute Gasteiger partial charge is 0.152 e. The molecule has 0 saturated heterocycles. The van der Waals surface area contributed by atoms with Crippen molar-refractivity contribution >= 4 is 33.3 Å². The Morgan fingerprint density at radius 3 is 2.48 bits per heavy atom. The Labute approximate surface area is 134 Å². The van der Waals surface area contributed by atoms with Crippen LogP contribution in [0.15, 0.2) is 35.1 Å². The van der Waals surface area contributed by atoms with E-state index in [1.54, 1.807) is 6.33 Å². The van der Waals surface area contributed by atoms with E-state index in [1.165, 1.54) is 5.56 Å². The van der Waals surface area contributed by atoms with Gasteiger partial charge >= 0.3 is 0 Å². The summed E-state index contributed by atoms with van der Waals surface area (Å²) < 4.78 is 0.904. The average molecular weight is 349 g/mol. The van der Waals surface area contributed by atoms with E-state index in [1.807, 2.05) is 0 Å². The van der Waals surface area contributed by atoms with E-state index in [9.17, 15) is 0 Å². The normalized spacial score (nSPS) is 10.5. The number of hydrogen-bond acceptors (Lipinski definition) is 4. The molecule has 1 aromatic heterocycles. The lowest BCUT2D eigenvalue weighted by atomic mass is 10.2. The van der Waals surface area contributed by atoms with E-state index in [2.05, 4.69) is 81.2 Å². The van der Waals surface area contributed by atoms with Crippen molar-refractivity contribution in [2.45, 2.75) is 27.2 Å². The molecule has 2 aromatic rings. The molecular formula is C16H21BrN4. The Bertz CT molecular complexity index is 583. The molecule has 0 aliphatic rings. The number of hydrogen-bond donors (Lipinski definition) is 1. The van der Waals surface area contributed by atoms with Gasteiger partial charge in [0.05, 0.1) is 0 Å². The molecule has 1 heterocycles. The SMILES string of the molecule is CCCNc1ncnc(N(CC)c2ccc(C)cc2)c1Br. The van der Waals surface area contributed by atoms with Crippen molar-refractivity contribution in [1.29, 1.82) is 0 Å². The van der Waals surface area contributed by atoms with Gasteiger partial charge in [-0.1, -0.05) is 24.6 Å². The van der Waals surface area contributed by atoms with Crippen LogP contribution in [0.1, 0.15) is 25.8 Å². The highest BCUT2D eigenvalue weighted by Crippen LogP contribution is 2.33. The van der Waals surface area contributed by atoms with Crippen LogP contribution in [-0.4, -0.2) is 23.1 Å². The van der Waals surface area contributed by atoms with Crippen molar-refractivity contribution in [3.8, 4) is 0 Å². The summed E-state index contributed by atoms with van der Waals surface area (Å²) >= 11 is 3.64. The van der Waals surface area contributed by atoms with Gasteiger partial charge in [-0.25, -0.2) is 9.97 Å². The molecule has 1 N–H and O–H groups in total. The number of benzene rings is 1. The topological polar surface area (TPSA) is 41.1 Å². The molecule has 0 radical (unpaired) electrons. The van der Waals surface area contributed by atoms with Gasteiger partial charge in [-0.15, -0.1) is 0 Å². The molecule has 0 amide bonds. The number of aryl methyl sites for hydroxylation is 1. The summed E-state index contributed by atoms with van der Waals surface area (Å²) in [5.74, 6) is 1.72. The third kappa shape index (κ3) is 3.73. The number of nitrogens with one attached hydrogen (secondary N) is 1. The summed E-state index contributed by atoms with van der Waals surface area (Å²) in [6.07, 6.45) is 2.66. The minimum Gasteiger partial charge on any atom is -0.369 e. The Morgan fingerprint density at radius 1 is 1.14 bits per heavy atom. The Hall–Kier alpha value is -1.62. The Balaban J connectivity index is 2.35. The van der Waals surface area contributed by atoms with Crippen LogP contribution in [0.2, 0.25) is 0 Å². The fourth-order valence-electron chi connectivity index (χ4n) is 2.09. The standard InChI is InChI=1S/C16H21BrN4/c1-4-10-18-15-14(17)16(20-11-19-15)21(5-2)13-8-6-12(3)7-9-13/h6-9,11H,4-5,10H2,1-3H3,(H,18,19,20). The summed E-state index contributed by atoms with van der Waals surface area (Å²) in [6.45, 7) is 8.08. The molecule has 0 bridgehead atoms. The van der Waals surface area contributed by atoms with E-state index in [-0.39, 0.29) is 0 Å². The summed E-state index contributed by atoms with van der Waals surface area (Å²) in [5, 5.41) is 3.32. The molecule has 0 saturated carbocycles. The molecule has 2 rings (SSSR count). The first-order chi connectivity index (χ1) is 10.2. The molecule has 0 aliphatic carbocycles. The van der Waals surface area contributed by atoms with Gasteiger partial charge in [-0.2, -0.15) is 0 Å². The van der Waals surface area contributed by atoms with Crippen LogP contribution >= 0.6 is 15.9 Å². The molecular weight excluding hydrogens is 328 g/mol. The first-order valence-electron chi connectivity index (χ1n) is 7.26. The Morgan fingerprint density at radius 2 is 1.86 bits per heavy atom. The number of aromatic nitrogens is 2. The van der Waals surface area contributed by atoms with Crippen molar-refractivity contribution < 1.29 is 0 Å². The number of rotatable bonds is 6. The summed E-state index contributed by atoms with van der Waals surface area (Å²) in [4.78, 5) is 10.9. The minimum absolute atomic E-state index is 0.839. The predicted octanol–water partition coefficient (Wildman–Crippen LogP) is 4.53. The van der Waals surface area contributed by atoms with Gasteiger partial charge in [0.15, 0.2) is 5.82 Å². The highest BCUT2D eigenvalue weighted by molar-refractivity contribution is 9.10. The molecule has 1 aromatic carbocycles.